The summed E-state index contributed by atoms with van der Waals surface area (Å²) < 4.78 is 5.87. The van der Waals surface area contributed by atoms with E-state index in [1.807, 2.05) is 42.7 Å². The molecule has 0 aliphatic carbocycles. The van der Waals surface area contributed by atoms with E-state index in [0.717, 1.165) is 10.9 Å². The summed E-state index contributed by atoms with van der Waals surface area (Å²) in [5.74, 6) is 1.26. The summed E-state index contributed by atoms with van der Waals surface area (Å²) in [6.45, 7) is 0. The summed E-state index contributed by atoms with van der Waals surface area (Å²) in [5.41, 5.74) is 0.871. The molecule has 0 aliphatic heterocycles. The lowest BCUT2D eigenvalue weighted by molar-refractivity contribution is 0.463. The number of rotatable bonds is 3. The quantitative estimate of drug-likeness (QED) is 0.514. The molecular formula is C15H11ClN2OS. The first kappa shape index (κ1) is 13.2. The highest BCUT2D eigenvalue weighted by Gasteiger charge is 2.09. The summed E-state index contributed by atoms with van der Waals surface area (Å²) in [7, 11) is 0. The minimum absolute atomic E-state index is 0.558. The second kappa shape index (κ2) is 5.69. The Bertz CT molecular complexity index is 746. The Morgan fingerprint density at radius 1 is 1.00 bits per heavy atom. The lowest BCUT2D eigenvalue weighted by atomic mass is 10.2. The van der Waals surface area contributed by atoms with Crippen LogP contribution in [0.1, 0.15) is 0 Å². The molecule has 3 rings (SSSR count). The van der Waals surface area contributed by atoms with Crippen molar-refractivity contribution in [2.24, 2.45) is 0 Å². The van der Waals surface area contributed by atoms with Gasteiger partial charge in [0.2, 0.25) is 5.88 Å². The molecular weight excluding hydrogens is 292 g/mol. The number of aromatic nitrogens is 2. The van der Waals surface area contributed by atoms with Gasteiger partial charge in [0.15, 0.2) is 5.16 Å². The molecule has 0 fully saturated rings. The van der Waals surface area contributed by atoms with Crippen molar-refractivity contribution in [1.29, 1.82) is 0 Å². The van der Waals surface area contributed by atoms with E-state index < -0.39 is 0 Å². The molecule has 0 saturated carbocycles. The van der Waals surface area contributed by atoms with Crippen molar-refractivity contribution in [3.8, 4) is 11.6 Å². The number of para-hydroxylation sites is 1. The summed E-state index contributed by atoms with van der Waals surface area (Å²) >= 11 is 7.36. The van der Waals surface area contributed by atoms with E-state index in [2.05, 4.69) is 9.97 Å². The summed E-state index contributed by atoms with van der Waals surface area (Å²) in [5, 5.41) is 2.25. The van der Waals surface area contributed by atoms with Crippen molar-refractivity contribution in [2.75, 3.05) is 6.26 Å². The lowest BCUT2D eigenvalue weighted by Gasteiger charge is -2.09. The number of halogens is 1. The maximum atomic E-state index is 5.87. The Kier molecular flexibility index (Phi) is 3.76. The summed E-state index contributed by atoms with van der Waals surface area (Å²) in [6.07, 6.45) is 1.94. The monoisotopic (exact) mass is 302 g/mol. The normalized spacial score (nSPS) is 10.7. The van der Waals surface area contributed by atoms with Gasteiger partial charge in [-0.25, -0.2) is 4.98 Å². The maximum Gasteiger partial charge on any atom is 0.231 e. The van der Waals surface area contributed by atoms with Gasteiger partial charge in [-0.3, -0.25) is 0 Å². The van der Waals surface area contributed by atoms with E-state index in [4.69, 9.17) is 16.3 Å². The standard InChI is InChI=1S/C15H11ClN2OS/c1-20-15-17-13-5-3-2-4-12(13)14(18-15)19-11-8-6-10(16)7-9-11/h2-9H,1H3. The fourth-order valence-electron chi connectivity index (χ4n) is 1.81. The molecule has 1 aromatic heterocycles. The molecule has 0 atom stereocenters. The minimum Gasteiger partial charge on any atom is -0.438 e. The predicted molar refractivity (Wildman–Crippen MR) is 82.8 cm³/mol. The highest BCUT2D eigenvalue weighted by Crippen LogP contribution is 2.29. The molecule has 0 N–H and O–H groups in total. The van der Waals surface area contributed by atoms with Crippen molar-refractivity contribution >= 4 is 34.3 Å². The molecule has 0 unspecified atom stereocenters. The van der Waals surface area contributed by atoms with Crippen molar-refractivity contribution < 1.29 is 4.74 Å². The molecule has 3 nitrogen and oxygen atoms in total. The fourth-order valence-corrected chi connectivity index (χ4v) is 2.30. The lowest BCUT2D eigenvalue weighted by Crippen LogP contribution is -1.94. The van der Waals surface area contributed by atoms with Crippen molar-refractivity contribution in [1.82, 2.24) is 9.97 Å². The first-order chi connectivity index (χ1) is 9.76. The second-order valence-electron chi connectivity index (χ2n) is 4.09. The van der Waals surface area contributed by atoms with Crippen LogP contribution in [0.5, 0.6) is 11.6 Å². The highest BCUT2D eigenvalue weighted by molar-refractivity contribution is 7.98. The van der Waals surface area contributed by atoms with Gasteiger partial charge >= 0.3 is 0 Å². The zero-order valence-corrected chi connectivity index (χ0v) is 12.3. The Morgan fingerprint density at radius 2 is 1.75 bits per heavy atom. The molecule has 5 heteroatoms. The number of hydrogen-bond donors (Lipinski definition) is 0. The summed E-state index contributed by atoms with van der Waals surface area (Å²) in [4.78, 5) is 8.89. The number of nitrogens with zero attached hydrogens (tertiary/aromatic N) is 2. The van der Waals surface area contributed by atoms with Crippen LogP contribution >= 0.6 is 23.4 Å². The molecule has 2 aromatic carbocycles. The van der Waals surface area contributed by atoms with E-state index in [0.29, 0.717) is 21.8 Å². The van der Waals surface area contributed by atoms with Gasteiger partial charge in [0.1, 0.15) is 5.75 Å². The molecule has 100 valence electrons. The maximum absolute atomic E-state index is 5.87. The van der Waals surface area contributed by atoms with E-state index in [-0.39, 0.29) is 0 Å². The Balaban J connectivity index is 2.07. The Morgan fingerprint density at radius 3 is 2.50 bits per heavy atom. The molecule has 0 radical (unpaired) electrons. The van der Waals surface area contributed by atoms with Gasteiger partial charge < -0.3 is 4.74 Å². The number of fused-ring (bicyclic) bond motifs is 1. The van der Waals surface area contributed by atoms with Gasteiger partial charge in [0, 0.05) is 5.02 Å². The third kappa shape index (κ3) is 2.71. The second-order valence-corrected chi connectivity index (χ2v) is 5.30. The van der Waals surface area contributed by atoms with Crippen LogP contribution in [0.2, 0.25) is 5.02 Å². The van der Waals surface area contributed by atoms with Crippen LogP contribution in [0.4, 0.5) is 0 Å². The van der Waals surface area contributed by atoms with Crippen LogP contribution in [0, 0.1) is 0 Å². The molecule has 0 saturated heterocycles. The Hall–Kier alpha value is -1.78. The van der Waals surface area contributed by atoms with Gasteiger partial charge in [-0.1, -0.05) is 35.5 Å². The largest absolute Gasteiger partial charge is 0.438 e. The van der Waals surface area contributed by atoms with Gasteiger partial charge in [-0.15, -0.1) is 0 Å². The zero-order valence-electron chi connectivity index (χ0n) is 10.7. The van der Waals surface area contributed by atoms with Gasteiger partial charge in [0.25, 0.3) is 0 Å². The van der Waals surface area contributed by atoms with Gasteiger partial charge in [-0.05, 0) is 42.7 Å². The van der Waals surface area contributed by atoms with Gasteiger partial charge in [-0.2, -0.15) is 4.98 Å². The van der Waals surface area contributed by atoms with Crippen LogP contribution in [-0.4, -0.2) is 16.2 Å². The van der Waals surface area contributed by atoms with Crippen LogP contribution in [0.15, 0.2) is 53.7 Å². The van der Waals surface area contributed by atoms with E-state index >= 15 is 0 Å². The number of benzene rings is 2. The SMILES string of the molecule is CSc1nc(Oc2ccc(Cl)cc2)c2ccccc2n1. The Labute approximate surface area is 126 Å². The average molecular weight is 303 g/mol. The van der Waals surface area contributed by atoms with E-state index in [1.54, 1.807) is 12.1 Å². The van der Waals surface area contributed by atoms with Crippen LogP contribution in [0.3, 0.4) is 0 Å². The zero-order chi connectivity index (χ0) is 13.9. The highest BCUT2D eigenvalue weighted by atomic mass is 35.5. The molecule has 3 aromatic rings. The summed E-state index contributed by atoms with van der Waals surface area (Å²) in [6, 6.07) is 15.0. The van der Waals surface area contributed by atoms with Crippen LogP contribution in [-0.2, 0) is 0 Å². The molecule has 0 spiro atoms. The molecule has 0 bridgehead atoms. The van der Waals surface area contributed by atoms with Crippen molar-refractivity contribution in [3.05, 3.63) is 53.6 Å². The number of hydrogen-bond acceptors (Lipinski definition) is 4. The van der Waals surface area contributed by atoms with Gasteiger partial charge in [0.05, 0.1) is 10.9 Å². The minimum atomic E-state index is 0.558. The molecule has 20 heavy (non-hydrogen) atoms. The van der Waals surface area contributed by atoms with Crippen LogP contribution in [0.25, 0.3) is 10.9 Å². The average Bonchev–Trinajstić information content (AvgIpc) is 2.49. The van der Waals surface area contributed by atoms with Crippen molar-refractivity contribution in [2.45, 2.75) is 5.16 Å². The third-order valence-electron chi connectivity index (χ3n) is 2.76. The topological polar surface area (TPSA) is 35.0 Å². The predicted octanol–water partition coefficient (Wildman–Crippen LogP) is 4.80. The third-order valence-corrected chi connectivity index (χ3v) is 3.56. The number of thioether (sulfide) groups is 1. The first-order valence-corrected chi connectivity index (χ1v) is 7.61. The molecule has 0 amide bonds. The van der Waals surface area contributed by atoms with E-state index in [1.165, 1.54) is 11.8 Å². The van der Waals surface area contributed by atoms with Crippen molar-refractivity contribution in [3.63, 3.8) is 0 Å². The first-order valence-electron chi connectivity index (χ1n) is 6.00. The molecule has 0 aliphatic rings. The smallest absolute Gasteiger partial charge is 0.231 e. The number of ether oxygens (including phenoxy) is 1. The van der Waals surface area contributed by atoms with E-state index in [9.17, 15) is 0 Å². The molecule has 1 heterocycles. The van der Waals surface area contributed by atoms with Crippen LogP contribution < -0.4 is 4.74 Å². The fraction of sp³-hybridized carbons (Fsp3) is 0.0667.